The van der Waals surface area contributed by atoms with Crippen LogP contribution in [-0.4, -0.2) is 47.1 Å². The van der Waals surface area contributed by atoms with Crippen LogP contribution in [0.4, 0.5) is 10.2 Å². The second-order valence-electron chi connectivity index (χ2n) is 7.87. The summed E-state index contributed by atoms with van der Waals surface area (Å²) in [5.74, 6) is 0.571. The van der Waals surface area contributed by atoms with Crippen LogP contribution < -0.4 is 10.5 Å². The van der Waals surface area contributed by atoms with Crippen molar-refractivity contribution in [2.24, 2.45) is 0 Å². The molecule has 3 aromatic rings. The first-order valence-corrected chi connectivity index (χ1v) is 9.69. The minimum Gasteiger partial charge on any atom is -0.350 e. The first kappa shape index (κ1) is 16.7. The molecule has 0 atom stereocenters. The van der Waals surface area contributed by atoms with E-state index in [1.165, 1.54) is 25.0 Å². The number of halogens is 1. The van der Waals surface area contributed by atoms with Crippen LogP contribution in [0.25, 0.3) is 21.7 Å². The fraction of sp³-hybridized carbons (Fsp3) is 0.429. The van der Waals surface area contributed by atoms with E-state index in [9.17, 15) is 9.18 Å². The Morgan fingerprint density at radius 2 is 1.85 bits per heavy atom. The molecule has 2 fully saturated rings. The van der Waals surface area contributed by atoms with E-state index >= 15 is 0 Å². The fourth-order valence-electron chi connectivity index (χ4n) is 4.38. The highest BCUT2D eigenvalue weighted by Gasteiger charge is 2.37. The summed E-state index contributed by atoms with van der Waals surface area (Å²) in [7, 11) is 2.16. The van der Waals surface area contributed by atoms with Crippen LogP contribution in [0.15, 0.2) is 35.3 Å². The number of rotatable bonds is 3. The lowest BCUT2D eigenvalue weighted by atomic mass is 10.0. The average molecular weight is 366 g/mol. The van der Waals surface area contributed by atoms with E-state index in [-0.39, 0.29) is 11.4 Å². The zero-order valence-electron chi connectivity index (χ0n) is 15.4. The first-order chi connectivity index (χ1) is 13.1. The molecule has 1 saturated carbocycles. The Morgan fingerprint density at radius 1 is 1.11 bits per heavy atom. The monoisotopic (exact) mass is 366 g/mol. The van der Waals surface area contributed by atoms with Gasteiger partial charge in [0.1, 0.15) is 11.6 Å². The second-order valence-corrected chi connectivity index (χ2v) is 7.87. The number of aromatic nitrogens is 2. The molecule has 1 aromatic carbocycles. The van der Waals surface area contributed by atoms with Crippen molar-refractivity contribution in [1.82, 2.24) is 14.9 Å². The van der Waals surface area contributed by atoms with Crippen molar-refractivity contribution < 1.29 is 4.39 Å². The Balaban J connectivity index is 1.74. The molecular weight excluding hydrogens is 343 g/mol. The number of hydrogen-bond donors (Lipinski definition) is 1. The third kappa shape index (κ3) is 2.88. The highest BCUT2D eigenvalue weighted by Crippen LogP contribution is 2.39. The third-order valence-electron chi connectivity index (χ3n) is 5.92. The predicted molar refractivity (Wildman–Crippen MR) is 106 cm³/mol. The lowest BCUT2D eigenvalue weighted by molar-refractivity contribution is 0.248. The molecule has 0 amide bonds. The summed E-state index contributed by atoms with van der Waals surface area (Å²) >= 11 is 0. The summed E-state index contributed by atoms with van der Waals surface area (Å²) in [5, 5.41) is 1.98. The topological polar surface area (TPSA) is 52.2 Å². The molecule has 140 valence electrons. The zero-order chi connectivity index (χ0) is 18.5. The minimum absolute atomic E-state index is 0.223. The Hall–Kier alpha value is -2.47. The summed E-state index contributed by atoms with van der Waals surface area (Å²) in [6.07, 6.45) is 6.16. The molecule has 5 nitrogen and oxygen atoms in total. The molecule has 0 bridgehead atoms. The lowest BCUT2D eigenvalue weighted by Crippen LogP contribution is -2.45. The van der Waals surface area contributed by atoms with Gasteiger partial charge in [-0.1, -0.05) is 0 Å². The van der Waals surface area contributed by atoms with Crippen LogP contribution >= 0.6 is 0 Å². The normalized spacial score (nSPS) is 19.0. The number of likely N-dealkylation sites (tertiary alicyclic amines) is 1. The van der Waals surface area contributed by atoms with Crippen molar-refractivity contribution in [3.05, 3.63) is 46.6 Å². The summed E-state index contributed by atoms with van der Waals surface area (Å²) < 4.78 is 14.0. The number of pyridine rings is 2. The molecule has 0 spiro atoms. The van der Waals surface area contributed by atoms with Gasteiger partial charge in [-0.15, -0.1) is 0 Å². The molecule has 0 unspecified atom stereocenters. The van der Waals surface area contributed by atoms with Gasteiger partial charge in [-0.05, 0) is 70.1 Å². The Bertz CT molecular complexity index is 1070. The van der Waals surface area contributed by atoms with E-state index in [1.807, 2.05) is 6.07 Å². The highest BCUT2D eigenvalue weighted by molar-refractivity contribution is 6.09. The van der Waals surface area contributed by atoms with Gasteiger partial charge >= 0.3 is 0 Å². The lowest BCUT2D eigenvalue weighted by Gasteiger charge is -2.39. The van der Waals surface area contributed by atoms with Crippen LogP contribution in [0.3, 0.4) is 0 Å². The molecule has 1 saturated heterocycles. The molecule has 1 aliphatic heterocycles. The van der Waals surface area contributed by atoms with Gasteiger partial charge in [0.15, 0.2) is 0 Å². The van der Waals surface area contributed by atoms with Gasteiger partial charge in [0.25, 0.3) is 5.56 Å². The number of anilines is 1. The molecule has 1 aliphatic carbocycles. The van der Waals surface area contributed by atoms with Gasteiger partial charge in [-0.2, -0.15) is 0 Å². The predicted octanol–water partition coefficient (Wildman–Crippen LogP) is 3.28. The maximum atomic E-state index is 14.0. The number of H-pyrrole nitrogens is 1. The number of piperidine rings is 1. The van der Waals surface area contributed by atoms with Crippen molar-refractivity contribution >= 4 is 27.5 Å². The standard InChI is InChI=1S/C21H23FN4O/c1-25-10-7-15(8-11-25)26(14-3-4-14)20-16-5-2-13(22)12-17(16)19-18(24-20)6-9-23-21(19)27/h2,5-6,9,12,14-15H,3-4,7-8,10-11H2,1H3,(H,23,27). The highest BCUT2D eigenvalue weighted by atomic mass is 19.1. The van der Waals surface area contributed by atoms with E-state index in [2.05, 4.69) is 21.8 Å². The molecule has 0 radical (unpaired) electrons. The SMILES string of the molecule is CN1CCC(N(c2nc3cc[nH]c(=O)c3c3cc(F)ccc23)C2CC2)CC1. The van der Waals surface area contributed by atoms with Crippen molar-refractivity contribution in [2.45, 2.75) is 37.8 Å². The molecule has 5 rings (SSSR count). The maximum Gasteiger partial charge on any atom is 0.258 e. The van der Waals surface area contributed by atoms with Crippen molar-refractivity contribution in [3.63, 3.8) is 0 Å². The second kappa shape index (κ2) is 6.30. The summed E-state index contributed by atoms with van der Waals surface area (Å²) in [6, 6.07) is 7.47. The summed E-state index contributed by atoms with van der Waals surface area (Å²) in [5.41, 5.74) is 0.407. The largest absolute Gasteiger partial charge is 0.350 e. The smallest absolute Gasteiger partial charge is 0.258 e. The molecule has 1 N–H and O–H groups in total. The van der Waals surface area contributed by atoms with Crippen LogP contribution in [0, 0.1) is 5.82 Å². The number of nitrogens with one attached hydrogen (secondary N) is 1. The Morgan fingerprint density at radius 3 is 2.59 bits per heavy atom. The summed E-state index contributed by atoms with van der Waals surface area (Å²) in [4.78, 5) is 24.9. The molecule has 6 heteroatoms. The Kier molecular flexibility index (Phi) is 3.90. The van der Waals surface area contributed by atoms with Gasteiger partial charge < -0.3 is 14.8 Å². The fourth-order valence-corrected chi connectivity index (χ4v) is 4.38. The van der Waals surface area contributed by atoms with E-state index in [1.54, 1.807) is 12.3 Å². The quantitative estimate of drug-likeness (QED) is 0.723. The number of fused-ring (bicyclic) bond motifs is 3. The maximum absolute atomic E-state index is 14.0. The van der Waals surface area contributed by atoms with Gasteiger partial charge in [0.05, 0.1) is 10.9 Å². The molecule has 27 heavy (non-hydrogen) atoms. The van der Waals surface area contributed by atoms with Crippen molar-refractivity contribution in [1.29, 1.82) is 0 Å². The van der Waals surface area contributed by atoms with Gasteiger partial charge in [0.2, 0.25) is 0 Å². The number of benzene rings is 1. The van der Waals surface area contributed by atoms with E-state index in [4.69, 9.17) is 4.98 Å². The minimum atomic E-state index is -0.332. The number of nitrogens with zero attached hydrogens (tertiary/aromatic N) is 3. The first-order valence-electron chi connectivity index (χ1n) is 9.69. The summed E-state index contributed by atoms with van der Waals surface area (Å²) in [6.45, 7) is 2.15. The van der Waals surface area contributed by atoms with Gasteiger partial charge in [-0.3, -0.25) is 4.79 Å². The van der Waals surface area contributed by atoms with Gasteiger partial charge in [-0.25, -0.2) is 9.37 Å². The molecule has 2 aliphatic rings. The third-order valence-corrected chi connectivity index (χ3v) is 5.92. The Labute approximate surface area is 156 Å². The van der Waals surface area contributed by atoms with E-state index < -0.39 is 0 Å². The van der Waals surface area contributed by atoms with E-state index in [0.29, 0.717) is 28.4 Å². The van der Waals surface area contributed by atoms with Crippen LogP contribution in [0.5, 0.6) is 0 Å². The van der Waals surface area contributed by atoms with Crippen LogP contribution in [0.1, 0.15) is 25.7 Å². The zero-order valence-corrected chi connectivity index (χ0v) is 15.4. The molecular formula is C21H23FN4O. The van der Waals surface area contributed by atoms with Crippen LogP contribution in [-0.2, 0) is 0 Å². The van der Waals surface area contributed by atoms with Crippen molar-refractivity contribution in [2.75, 3.05) is 25.0 Å². The molecule has 3 heterocycles. The average Bonchev–Trinajstić information content (AvgIpc) is 3.48. The number of aromatic amines is 1. The van der Waals surface area contributed by atoms with Gasteiger partial charge in [0, 0.05) is 29.1 Å². The van der Waals surface area contributed by atoms with Crippen LogP contribution in [0.2, 0.25) is 0 Å². The number of hydrogen-bond acceptors (Lipinski definition) is 4. The molecule has 2 aromatic heterocycles. The van der Waals surface area contributed by atoms with Crippen molar-refractivity contribution in [3.8, 4) is 0 Å². The van der Waals surface area contributed by atoms with E-state index in [0.717, 1.165) is 37.1 Å².